The van der Waals surface area contributed by atoms with Crippen LogP contribution in [0.25, 0.3) is 22.4 Å². The Morgan fingerprint density at radius 1 is 1.18 bits per heavy atom. The number of carbonyl (C=O) groups excluding carboxylic acids is 1. The molecular formula is C25H20N4O4S. The van der Waals surface area contributed by atoms with Crippen LogP contribution in [0.15, 0.2) is 64.1 Å². The molecule has 0 fully saturated rings. The molecule has 0 aliphatic rings. The fraction of sp³-hybridized carbons (Fsp3) is 0.160. The SMILES string of the molecule is COc1ccc(-c2cc(-c3ccc(C)cc3)c(C#N)c(SCC(=O)c3c([O-])on[n+]3C)n2)cc1. The number of aromatic nitrogens is 3. The fourth-order valence-corrected chi connectivity index (χ4v) is 4.28. The molecule has 0 saturated carbocycles. The van der Waals surface area contributed by atoms with Crippen molar-refractivity contribution in [1.29, 1.82) is 5.26 Å². The third kappa shape index (κ3) is 4.63. The van der Waals surface area contributed by atoms with E-state index >= 15 is 0 Å². The minimum absolute atomic E-state index is 0.106. The van der Waals surface area contributed by atoms with Crippen molar-refractivity contribution in [3.05, 3.63) is 71.4 Å². The number of ether oxygens (including phenoxy) is 1. The van der Waals surface area contributed by atoms with Gasteiger partial charge in [-0.2, -0.15) is 5.26 Å². The lowest BCUT2D eigenvalue weighted by Gasteiger charge is -2.13. The molecule has 0 atom stereocenters. The molecule has 9 heteroatoms. The molecule has 0 saturated heterocycles. The number of methoxy groups -OCH3 is 1. The molecule has 0 bridgehead atoms. The van der Waals surface area contributed by atoms with E-state index < -0.39 is 11.7 Å². The molecule has 0 amide bonds. The lowest BCUT2D eigenvalue weighted by Crippen LogP contribution is -2.37. The Balaban J connectivity index is 1.78. The summed E-state index contributed by atoms with van der Waals surface area (Å²) >= 11 is 1.09. The minimum atomic E-state index is -0.797. The number of rotatable bonds is 7. The number of pyridine rings is 1. The molecule has 0 radical (unpaired) electrons. The van der Waals surface area contributed by atoms with Crippen LogP contribution in [0.3, 0.4) is 0 Å². The molecule has 0 aliphatic heterocycles. The van der Waals surface area contributed by atoms with Gasteiger partial charge in [0.1, 0.15) is 16.8 Å². The Hall–Kier alpha value is -4.16. The van der Waals surface area contributed by atoms with Crippen molar-refractivity contribution in [2.45, 2.75) is 11.9 Å². The second kappa shape index (κ2) is 9.77. The number of Topliss-reactive ketones (excluding diaryl/α,β-unsaturated/α-hetero) is 1. The number of thioether (sulfide) groups is 1. The molecule has 2 heterocycles. The molecule has 4 rings (SSSR count). The van der Waals surface area contributed by atoms with Crippen LogP contribution in [0.1, 0.15) is 21.6 Å². The predicted octanol–water partition coefficient (Wildman–Crippen LogP) is 3.47. The maximum absolute atomic E-state index is 12.7. The third-order valence-electron chi connectivity index (χ3n) is 5.21. The van der Waals surface area contributed by atoms with Crippen LogP contribution < -0.4 is 14.5 Å². The maximum Gasteiger partial charge on any atom is 0.300 e. The summed E-state index contributed by atoms with van der Waals surface area (Å²) in [5.41, 5.74) is 4.35. The number of nitrogens with zero attached hydrogens (tertiary/aromatic N) is 4. The lowest BCUT2D eigenvalue weighted by molar-refractivity contribution is -0.741. The van der Waals surface area contributed by atoms with Gasteiger partial charge in [-0.15, -0.1) is 0 Å². The van der Waals surface area contributed by atoms with Gasteiger partial charge in [0, 0.05) is 11.1 Å². The lowest BCUT2D eigenvalue weighted by atomic mass is 9.98. The van der Waals surface area contributed by atoms with Crippen LogP contribution in [-0.4, -0.2) is 28.9 Å². The zero-order valence-corrected chi connectivity index (χ0v) is 19.5. The first-order valence-corrected chi connectivity index (χ1v) is 11.3. The van der Waals surface area contributed by atoms with Crippen LogP contribution >= 0.6 is 11.8 Å². The molecule has 4 aromatic rings. The minimum Gasteiger partial charge on any atom is -0.539 e. The number of ketones is 1. The highest BCUT2D eigenvalue weighted by molar-refractivity contribution is 8.00. The highest BCUT2D eigenvalue weighted by Crippen LogP contribution is 2.35. The Morgan fingerprint density at radius 2 is 1.85 bits per heavy atom. The van der Waals surface area contributed by atoms with Crippen LogP contribution in [0.2, 0.25) is 0 Å². The zero-order chi connectivity index (χ0) is 24.2. The summed E-state index contributed by atoms with van der Waals surface area (Å²) in [7, 11) is 3.06. The maximum atomic E-state index is 12.7. The highest BCUT2D eigenvalue weighted by atomic mass is 32.2. The van der Waals surface area contributed by atoms with Gasteiger partial charge in [0.2, 0.25) is 5.78 Å². The largest absolute Gasteiger partial charge is 0.539 e. The van der Waals surface area contributed by atoms with E-state index in [4.69, 9.17) is 9.72 Å². The second-order valence-corrected chi connectivity index (χ2v) is 8.45. The van der Waals surface area contributed by atoms with Crippen molar-refractivity contribution in [3.63, 3.8) is 0 Å². The van der Waals surface area contributed by atoms with E-state index in [0.29, 0.717) is 27.6 Å². The fourth-order valence-electron chi connectivity index (χ4n) is 3.42. The second-order valence-electron chi connectivity index (χ2n) is 7.49. The average Bonchev–Trinajstić information content (AvgIpc) is 3.20. The summed E-state index contributed by atoms with van der Waals surface area (Å²) in [5, 5.41) is 25.7. The van der Waals surface area contributed by atoms with Crippen molar-refractivity contribution < 1.29 is 23.8 Å². The Morgan fingerprint density at radius 3 is 2.44 bits per heavy atom. The Kier molecular flexibility index (Phi) is 6.61. The van der Waals surface area contributed by atoms with E-state index in [2.05, 4.69) is 15.9 Å². The first-order chi connectivity index (χ1) is 16.4. The summed E-state index contributed by atoms with van der Waals surface area (Å²) in [5.74, 6) is -0.651. The number of nitriles is 1. The van der Waals surface area contributed by atoms with Gasteiger partial charge in [0.05, 0.1) is 29.4 Å². The standard InChI is InChI=1S/C25H20N4O4S/c1-15-4-6-16(7-5-15)19-12-21(17-8-10-18(32-3)11-9-17)27-24(20(19)13-26)34-14-22(30)23-25(31)33-28-29(23)2/h4-12H,14H2,1-3H3. The summed E-state index contributed by atoms with van der Waals surface area (Å²) in [6, 6.07) is 19.4. The quantitative estimate of drug-likeness (QED) is 0.228. The summed E-state index contributed by atoms with van der Waals surface area (Å²) in [4.78, 5) is 17.4. The van der Waals surface area contributed by atoms with Crippen molar-refractivity contribution in [2.75, 3.05) is 12.9 Å². The van der Waals surface area contributed by atoms with Gasteiger partial charge < -0.3 is 14.4 Å². The number of aryl methyl sites for hydroxylation is 2. The molecule has 2 aromatic heterocycles. The van der Waals surface area contributed by atoms with Gasteiger partial charge in [0.15, 0.2) is 13.0 Å². The molecule has 0 N–H and O–H groups in total. The van der Waals surface area contributed by atoms with Crippen LogP contribution in [-0.2, 0) is 7.05 Å². The van der Waals surface area contributed by atoms with Gasteiger partial charge in [-0.25, -0.2) is 4.98 Å². The molecule has 34 heavy (non-hydrogen) atoms. The molecule has 8 nitrogen and oxygen atoms in total. The molecule has 170 valence electrons. The van der Waals surface area contributed by atoms with E-state index in [1.807, 2.05) is 61.5 Å². The van der Waals surface area contributed by atoms with Gasteiger partial charge in [-0.1, -0.05) is 46.3 Å². The van der Waals surface area contributed by atoms with Gasteiger partial charge >= 0.3 is 0 Å². The van der Waals surface area contributed by atoms with Crippen molar-refractivity contribution in [2.24, 2.45) is 7.05 Å². The molecule has 0 spiro atoms. The molecule has 0 aliphatic carbocycles. The van der Waals surface area contributed by atoms with Crippen LogP contribution in [0, 0.1) is 18.3 Å². The normalized spacial score (nSPS) is 10.6. The van der Waals surface area contributed by atoms with Crippen molar-refractivity contribution in [1.82, 2.24) is 10.3 Å². The van der Waals surface area contributed by atoms with E-state index in [1.165, 1.54) is 7.05 Å². The number of hydrogen-bond donors (Lipinski definition) is 0. The van der Waals surface area contributed by atoms with Crippen LogP contribution in [0.4, 0.5) is 0 Å². The van der Waals surface area contributed by atoms with E-state index in [9.17, 15) is 15.2 Å². The van der Waals surface area contributed by atoms with Gasteiger partial charge in [0.25, 0.3) is 5.69 Å². The predicted molar refractivity (Wildman–Crippen MR) is 123 cm³/mol. The first kappa shape index (κ1) is 23.0. The van der Waals surface area contributed by atoms with Crippen molar-refractivity contribution >= 4 is 17.5 Å². The topological polar surface area (TPSA) is 116 Å². The number of carbonyl (C=O) groups is 1. The Labute approximate surface area is 200 Å². The highest BCUT2D eigenvalue weighted by Gasteiger charge is 2.24. The molecular weight excluding hydrogens is 452 g/mol. The summed E-state index contributed by atoms with van der Waals surface area (Å²) < 4.78 is 10.9. The van der Waals surface area contributed by atoms with E-state index in [0.717, 1.165) is 33.1 Å². The Bertz CT molecular complexity index is 1370. The number of hydrogen-bond acceptors (Lipinski definition) is 8. The first-order valence-electron chi connectivity index (χ1n) is 10.3. The van der Waals surface area contributed by atoms with Gasteiger partial charge in [-0.05, 0) is 42.8 Å². The zero-order valence-electron chi connectivity index (χ0n) is 18.7. The van der Waals surface area contributed by atoms with Gasteiger partial charge in [-0.3, -0.25) is 4.79 Å². The number of benzene rings is 2. The average molecular weight is 473 g/mol. The van der Waals surface area contributed by atoms with E-state index in [1.54, 1.807) is 7.11 Å². The third-order valence-corrected chi connectivity index (χ3v) is 6.19. The monoisotopic (exact) mass is 472 g/mol. The molecule has 2 aromatic carbocycles. The van der Waals surface area contributed by atoms with Crippen LogP contribution in [0.5, 0.6) is 11.7 Å². The summed E-state index contributed by atoms with van der Waals surface area (Å²) in [6.45, 7) is 1.99. The summed E-state index contributed by atoms with van der Waals surface area (Å²) in [6.07, 6.45) is 0. The van der Waals surface area contributed by atoms with E-state index in [-0.39, 0.29) is 11.4 Å². The molecule has 0 unspecified atom stereocenters. The van der Waals surface area contributed by atoms with Crippen molar-refractivity contribution in [3.8, 4) is 40.1 Å². The smallest absolute Gasteiger partial charge is 0.300 e.